The first kappa shape index (κ1) is 26.2. The van der Waals surface area contributed by atoms with Crippen molar-refractivity contribution in [1.29, 1.82) is 0 Å². The minimum Gasteiger partial charge on any atom is -0.324 e. The molecule has 0 fully saturated rings. The summed E-state index contributed by atoms with van der Waals surface area (Å²) in [6.07, 6.45) is 4.21. The highest BCUT2D eigenvalue weighted by molar-refractivity contribution is 7.92. The number of carbonyl (C=O) groups is 1. The largest absolute Gasteiger partial charge is 0.324 e. The average molecular weight is 517 g/mol. The quantitative estimate of drug-likeness (QED) is 0.447. The molecular weight excluding hydrogens is 488 g/mol. The maximum atomic E-state index is 13.1. The number of hydrogen-bond acceptors (Lipinski definition) is 6. The van der Waals surface area contributed by atoms with Gasteiger partial charge in [-0.2, -0.15) is 0 Å². The van der Waals surface area contributed by atoms with Crippen LogP contribution in [0.15, 0.2) is 71.9 Å². The molecule has 0 bridgehead atoms. The van der Waals surface area contributed by atoms with Crippen LogP contribution in [0.1, 0.15) is 24.5 Å². The summed E-state index contributed by atoms with van der Waals surface area (Å²) < 4.78 is 54.1. The number of benzene rings is 2. The fourth-order valence-corrected chi connectivity index (χ4v) is 5.75. The van der Waals surface area contributed by atoms with Gasteiger partial charge in [0.15, 0.2) is 0 Å². The molecule has 0 radical (unpaired) electrons. The molecule has 3 aromatic rings. The number of pyridine rings is 1. The normalized spacial score (nSPS) is 12.6. The number of rotatable bonds is 9. The highest BCUT2D eigenvalue weighted by Gasteiger charge is 2.31. The zero-order chi connectivity index (χ0) is 25.8. The third kappa shape index (κ3) is 6.37. The second-order valence-corrected chi connectivity index (χ2v) is 11.7. The van der Waals surface area contributed by atoms with Gasteiger partial charge >= 0.3 is 0 Å². The SMILES string of the molecule is CC[C@@H](C(=O)Nc1ccc(S(=O)(=O)Nc2cccnc2)cc1)N(c1ccc(C)c(C)c1)S(C)(=O)=O. The van der Waals surface area contributed by atoms with Crippen molar-refractivity contribution < 1.29 is 21.6 Å². The molecule has 1 amide bonds. The summed E-state index contributed by atoms with van der Waals surface area (Å²) in [4.78, 5) is 17.0. The molecule has 35 heavy (non-hydrogen) atoms. The first-order valence-electron chi connectivity index (χ1n) is 10.8. The Kier molecular flexibility index (Phi) is 7.81. The lowest BCUT2D eigenvalue weighted by molar-refractivity contribution is -0.117. The monoisotopic (exact) mass is 516 g/mol. The summed E-state index contributed by atoms with van der Waals surface area (Å²) in [5, 5.41) is 2.70. The van der Waals surface area contributed by atoms with Crippen molar-refractivity contribution in [2.24, 2.45) is 0 Å². The average Bonchev–Trinajstić information content (AvgIpc) is 2.79. The highest BCUT2D eigenvalue weighted by atomic mass is 32.2. The molecule has 1 aromatic heterocycles. The van der Waals surface area contributed by atoms with Crippen LogP contribution in [-0.2, 0) is 24.8 Å². The van der Waals surface area contributed by atoms with Gasteiger partial charge in [-0.1, -0.05) is 13.0 Å². The van der Waals surface area contributed by atoms with Crippen LogP contribution in [0.25, 0.3) is 0 Å². The summed E-state index contributed by atoms with van der Waals surface area (Å²) in [7, 11) is -7.62. The first-order chi connectivity index (χ1) is 16.4. The molecule has 0 aliphatic rings. The fraction of sp³-hybridized carbons (Fsp3) is 0.250. The molecule has 9 nitrogen and oxygen atoms in total. The van der Waals surface area contributed by atoms with E-state index in [0.29, 0.717) is 17.1 Å². The summed E-state index contributed by atoms with van der Waals surface area (Å²) in [6.45, 7) is 5.52. The van der Waals surface area contributed by atoms with Crippen molar-refractivity contribution >= 4 is 43.0 Å². The second-order valence-electron chi connectivity index (χ2n) is 8.11. The molecule has 0 saturated carbocycles. The number of hydrogen-bond donors (Lipinski definition) is 2. The maximum Gasteiger partial charge on any atom is 0.261 e. The van der Waals surface area contributed by atoms with Gasteiger partial charge in [0.2, 0.25) is 15.9 Å². The zero-order valence-corrected chi connectivity index (χ0v) is 21.5. The molecule has 3 rings (SSSR count). The predicted octanol–water partition coefficient (Wildman–Crippen LogP) is 3.68. The van der Waals surface area contributed by atoms with Crippen LogP contribution in [0.5, 0.6) is 0 Å². The van der Waals surface area contributed by atoms with E-state index >= 15 is 0 Å². The van der Waals surface area contributed by atoms with Gasteiger partial charge in [0.1, 0.15) is 6.04 Å². The lowest BCUT2D eigenvalue weighted by Crippen LogP contribution is -2.47. The second kappa shape index (κ2) is 10.4. The van der Waals surface area contributed by atoms with E-state index < -0.39 is 32.0 Å². The number of amides is 1. The van der Waals surface area contributed by atoms with Crippen molar-refractivity contribution in [3.05, 3.63) is 78.1 Å². The Morgan fingerprint density at radius 1 is 0.971 bits per heavy atom. The third-order valence-electron chi connectivity index (χ3n) is 5.42. The van der Waals surface area contributed by atoms with E-state index in [1.54, 1.807) is 31.2 Å². The van der Waals surface area contributed by atoms with Crippen LogP contribution in [0.3, 0.4) is 0 Å². The van der Waals surface area contributed by atoms with Crippen LogP contribution >= 0.6 is 0 Å². The van der Waals surface area contributed by atoms with Crippen LogP contribution in [0.2, 0.25) is 0 Å². The lowest BCUT2D eigenvalue weighted by Gasteiger charge is -2.30. The molecular formula is C24H28N4O5S2. The Hall–Kier alpha value is -3.44. The molecule has 11 heteroatoms. The Balaban J connectivity index is 1.82. The molecule has 186 valence electrons. The zero-order valence-electron chi connectivity index (χ0n) is 19.9. The molecule has 0 aliphatic heterocycles. The molecule has 1 atom stereocenters. The molecule has 2 N–H and O–H groups in total. The van der Waals surface area contributed by atoms with Crippen LogP contribution in [0.4, 0.5) is 17.1 Å². The number of aryl methyl sites for hydroxylation is 2. The van der Waals surface area contributed by atoms with Crippen molar-refractivity contribution in [2.75, 3.05) is 20.6 Å². The number of nitrogens with one attached hydrogen (secondary N) is 2. The van der Waals surface area contributed by atoms with Crippen molar-refractivity contribution in [1.82, 2.24) is 4.98 Å². The van der Waals surface area contributed by atoms with E-state index in [0.717, 1.165) is 21.7 Å². The summed E-state index contributed by atoms with van der Waals surface area (Å²) >= 11 is 0. The molecule has 0 saturated heterocycles. The van der Waals surface area contributed by atoms with E-state index in [1.807, 2.05) is 19.9 Å². The molecule has 0 unspecified atom stereocenters. The number of nitrogens with zero attached hydrogens (tertiary/aromatic N) is 2. The molecule has 1 heterocycles. The van der Waals surface area contributed by atoms with Crippen LogP contribution in [0, 0.1) is 13.8 Å². The fourth-order valence-electron chi connectivity index (χ4n) is 3.50. The minimum absolute atomic E-state index is 0.000661. The van der Waals surface area contributed by atoms with Gasteiger partial charge in [0.05, 0.1) is 28.7 Å². The van der Waals surface area contributed by atoms with E-state index in [-0.39, 0.29) is 11.3 Å². The Labute approximate surface area is 206 Å². The van der Waals surface area contributed by atoms with Gasteiger partial charge in [-0.05, 0) is 79.9 Å². The number of carbonyl (C=O) groups excluding carboxylic acids is 1. The standard InChI is InChI=1S/C24H28N4O5S2/c1-5-23(28(34(4,30)31)21-11-8-17(2)18(3)15-21)24(29)26-19-9-12-22(13-10-19)35(32,33)27-20-7-6-14-25-16-20/h6-16,23,27H,5H2,1-4H3,(H,26,29)/t23-/m0/s1. The van der Waals surface area contributed by atoms with E-state index in [1.165, 1.54) is 36.7 Å². The number of sulfonamides is 2. The number of anilines is 3. The summed E-state index contributed by atoms with van der Waals surface area (Å²) in [5.41, 5.74) is 2.97. The van der Waals surface area contributed by atoms with Gasteiger partial charge in [0, 0.05) is 11.9 Å². The first-order valence-corrected chi connectivity index (χ1v) is 14.2. The lowest BCUT2D eigenvalue weighted by atomic mass is 10.1. The predicted molar refractivity (Wildman–Crippen MR) is 137 cm³/mol. The van der Waals surface area contributed by atoms with Crippen molar-refractivity contribution in [3.63, 3.8) is 0 Å². The Bertz CT molecular complexity index is 1410. The van der Waals surface area contributed by atoms with E-state index in [9.17, 15) is 21.6 Å². The summed E-state index contributed by atoms with van der Waals surface area (Å²) in [6, 6.07) is 13.0. The highest BCUT2D eigenvalue weighted by Crippen LogP contribution is 2.26. The van der Waals surface area contributed by atoms with Gasteiger partial charge < -0.3 is 5.32 Å². The van der Waals surface area contributed by atoms with Gasteiger partial charge in [-0.25, -0.2) is 16.8 Å². The molecule has 0 aliphatic carbocycles. The Morgan fingerprint density at radius 2 is 1.66 bits per heavy atom. The summed E-state index contributed by atoms with van der Waals surface area (Å²) in [5.74, 6) is -0.528. The van der Waals surface area contributed by atoms with Crippen molar-refractivity contribution in [2.45, 2.75) is 38.1 Å². The molecule has 2 aromatic carbocycles. The van der Waals surface area contributed by atoms with Crippen LogP contribution < -0.4 is 14.3 Å². The van der Waals surface area contributed by atoms with E-state index in [2.05, 4.69) is 15.0 Å². The number of aromatic nitrogens is 1. The van der Waals surface area contributed by atoms with Crippen LogP contribution in [-0.4, -0.2) is 40.0 Å². The van der Waals surface area contributed by atoms with Gasteiger partial charge in [0.25, 0.3) is 10.0 Å². The van der Waals surface area contributed by atoms with Gasteiger partial charge in [-0.3, -0.25) is 18.8 Å². The minimum atomic E-state index is -3.85. The molecule has 0 spiro atoms. The maximum absolute atomic E-state index is 13.1. The van der Waals surface area contributed by atoms with E-state index in [4.69, 9.17) is 0 Å². The Morgan fingerprint density at radius 3 is 2.20 bits per heavy atom. The topological polar surface area (TPSA) is 126 Å². The smallest absolute Gasteiger partial charge is 0.261 e. The third-order valence-corrected chi connectivity index (χ3v) is 8.00. The van der Waals surface area contributed by atoms with Crippen molar-refractivity contribution in [3.8, 4) is 0 Å². The van der Waals surface area contributed by atoms with Gasteiger partial charge in [-0.15, -0.1) is 0 Å².